The lowest BCUT2D eigenvalue weighted by Gasteiger charge is -2.07. The minimum absolute atomic E-state index is 0.166. The van der Waals surface area contributed by atoms with Crippen LogP contribution in [0.25, 0.3) is 0 Å². The number of halogens is 1. The minimum Gasteiger partial charge on any atom is -0.325 e. The Labute approximate surface area is 141 Å². The number of carbonyl (C=O) groups excluding carboxylic acids is 1. The number of nitrogens with one attached hydrogen (secondary N) is 2. The molecule has 0 saturated carbocycles. The monoisotopic (exact) mass is 402 g/mol. The van der Waals surface area contributed by atoms with Gasteiger partial charge < -0.3 is 5.32 Å². The Morgan fingerprint density at radius 3 is 2.41 bits per heavy atom. The zero-order valence-electron chi connectivity index (χ0n) is 11.8. The minimum atomic E-state index is -3.66. The van der Waals surface area contributed by atoms with Crippen LogP contribution in [0.4, 0.5) is 5.69 Å². The van der Waals surface area contributed by atoms with Gasteiger partial charge in [0.2, 0.25) is 5.91 Å². The summed E-state index contributed by atoms with van der Waals surface area (Å²) >= 11 is 4.30. The summed E-state index contributed by atoms with van der Waals surface area (Å²) in [5, 5.41) is 2.65. The highest BCUT2D eigenvalue weighted by atomic mass is 79.9. The molecule has 0 saturated heterocycles. The molecule has 1 aromatic carbocycles. The molecule has 0 unspecified atom stereocenters. The molecule has 0 radical (unpaired) electrons. The number of hydrogen-bond donors (Lipinski definition) is 2. The van der Waals surface area contributed by atoms with Crippen molar-refractivity contribution >= 4 is 48.9 Å². The molecule has 0 aliphatic rings. The number of sulfonamides is 1. The first kappa shape index (κ1) is 17.1. The third kappa shape index (κ3) is 4.64. The number of carbonyl (C=O) groups is 1. The van der Waals surface area contributed by atoms with Crippen LogP contribution in [-0.2, 0) is 21.2 Å². The summed E-state index contributed by atoms with van der Waals surface area (Å²) in [5.74, 6) is -0.413. The van der Waals surface area contributed by atoms with Crippen LogP contribution in [0.15, 0.2) is 44.4 Å². The fourth-order valence-electron chi connectivity index (χ4n) is 1.70. The molecule has 118 valence electrons. The van der Waals surface area contributed by atoms with Gasteiger partial charge in [-0.15, -0.1) is 11.3 Å². The highest BCUT2D eigenvalue weighted by molar-refractivity contribution is 9.11. The molecule has 0 aliphatic carbocycles. The van der Waals surface area contributed by atoms with Gasteiger partial charge in [0.15, 0.2) is 0 Å². The van der Waals surface area contributed by atoms with Crippen molar-refractivity contribution in [2.45, 2.75) is 17.6 Å². The molecule has 0 aliphatic heterocycles. The first-order valence-corrected chi connectivity index (χ1v) is 9.64. The van der Waals surface area contributed by atoms with E-state index in [-0.39, 0.29) is 10.8 Å². The summed E-state index contributed by atoms with van der Waals surface area (Å²) in [4.78, 5) is 11.8. The molecule has 1 amide bonds. The normalized spacial score (nSPS) is 11.4. The van der Waals surface area contributed by atoms with Gasteiger partial charge in [-0.1, -0.05) is 19.1 Å². The predicted molar refractivity (Wildman–Crippen MR) is 91.7 cm³/mol. The second kappa shape index (κ2) is 7.36. The van der Waals surface area contributed by atoms with Crippen molar-refractivity contribution in [3.8, 4) is 0 Å². The van der Waals surface area contributed by atoms with E-state index in [0.717, 1.165) is 17.8 Å². The molecular formula is C14H15BrN2O3S2. The summed E-state index contributed by atoms with van der Waals surface area (Å²) in [6.45, 7) is 1.73. The van der Waals surface area contributed by atoms with E-state index in [4.69, 9.17) is 0 Å². The summed E-state index contributed by atoms with van der Waals surface area (Å²) in [6.07, 6.45) is 0.921. The lowest BCUT2D eigenvalue weighted by Crippen LogP contribution is -2.32. The van der Waals surface area contributed by atoms with Crippen LogP contribution < -0.4 is 10.0 Å². The molecule has 1 heterocycles. The van der Waals surface area contributed by atoms with Gasteiger partial charge in [0, 0.05) is 5.69 Å². The van der Waals surface area contributed by atoms with E-state index >= 15 is 0 Å². The van der Waals surface area contributed by atoms with Crippen molar-refractivity contribution in [3.63, 3.8) is 0 Å². The number of thiophene rings is 1. The zero-order valence-corrected chi connectivity index (χ0v) is 15.0. The van der Waals surface area contributed by atoms with Crippen LogP contribution in [0, 0.1) is 0 Å². The number of rotatable bonds is 6. The van der Waals surface area contributed by atoms with Gasteiger partial charge in [0.1, 0.15) is 4.21 Å². The Kier molecular flexibility index (Phi) is 5.74. The third-order valence-corrected chi connectivity index (χ3v) is 6.40. The van der Waals surface area contributed by atoms with Crippen LogP contribution in [0.2, 0.25) is 0 Å². The van der Waals surface area contributed by atoms with Crippen LogP contribution in [0.5, 0.6) is 0 Å². The van der Waals surface area contributed by atoms with E-state index in [0.29, 0.717) is 9.47 Å². The van der Waals surface area contributed by atoms with E-state index < -0.39 is 15.9 Å². The molecule has 0 bridgehead atoms. The van der Waals surface area contributed by atoms with Crippen LogP contribution in [-0.4, -0.2) is 20.9 Å². The molecule has 1 aromatic heterocycles. The van der Waals surface area contributed by atoms with Gasteiger partial charge in [0.25, 0.3) is 10.0 Å². The number of benzene rings is 1. The first-order valence-electron chi connectivity index (χ1n) is 6.54. The third-order valence-electron chi connectivity index (χ3n) is 2.88. The van der Waals surface area contributed by atoms with E-state index in [1.165, 1.54) is 11.6 Å². The van der Waals surface area contributed by atoms with Crippen molar-refractivity contribution in [1.82, 2.24) is 4.72 Å². The van der Waals surface area contributed by atoms with E-state index in [2.05, 4.69) is 26.0 Å². The lowest BCUT2D eigenvalue weighted by atomic mass is 10.1. The van der Waals surface area contributed by atoms with Crippen molar-refractivity contribution in [2.24, 2.45) is 0 Å². The topological polar surface area (TPSA) is 75.3 Å². The molecule has 5 nitrogen and oxygen atoms in total. The average molecular weight is 403 g/mol. The molecular weight excluding hydrogens is 388 g/mol. The lowest BCUT2D eigenvalue weighted by molar-refractivity contribution is -0.115. The van der Waals surface area contributed by atoms with Gasteiger partial charge >= 0.3 is 0 Å². The van der Waals surface area contributed by atoms with Crippen LogP contribution in [0.1, 0.15) is 12.5 Å². The molecule has 2 aromatic rings. The summed E-state index contributed by atoms with van der Waals surface area (Å²) < 4.78 is 27.1. The highest BCUT2D eigenvalue weighted by Crippen LogP contribution is 2.25. The van der Waals surface area contributed by atoms with Crippen molar-refractivity contribution in [2.75, 3.05) is 11.9 Å². The van der Waals surface area contributed by atoms with Gasteiger partial charge in [-0.05, 0) is 52.2 Å². The van der Waals surface area contributed by atoms with Crippen LogP contribution in [0.3, 0.4) is 0 Å². The van der Waals surface area contributed by atoms with Crippen LogP contribution >= 0.6 is 27.3 Å². The molecule has 0 atom stereocenters. The second-order valence-corrected chi connectivity index (χ2v) is 8.94. The number of hydrogen-bond acceptors (Lipinski definition) is 4. The largest absolute Gasteiger partial charge is 0.325 e. The molecule has 2 N–H and O–H groups in total. The Balaban J connectivity index is 1.92. The van der Waals surface area contributed by atoms with E-state index in [9.17, 15) is 13.2 Å². The highest BCUT2D eigenvalue weighted by Gasteiger charge is 2.17. The zero-order chi connectivity index (χ0) is 16.2. The number of aryl methyl sites for hydroxylation is 1. The average Bonchev–Trinajstić information content (AvgIpc) is 2.94. The Morgan fingerprint density at radius 2 is 1.86 bits per heavy atom. The molecule has 22 heavy (non-hydrogen) atoms. The molecule has 0 spiro atoms. The van der Waals surface area contributed by atoms with E-state index in [1.807, 2.05) is 19.1 Å². The molecule has 0 fully saturated rings. The molecule has 8 heteroatoms. The summed E-state index contributed by atoms with van der Waals surface area (Å²) in [5.41, 5.74) is 1.81. The smallest absolute Gasteiger partial charge is 0.250 e. The standard InChI is InChI=1S/C14H15BrN2O3S2/c1-2-10-3-5-11(6-4-10)17-13(18)9-16-22(19,20)14-8-7-12(15)21-14/h3-8,16H,2,9H2,1H3,(H,17,18). The maximum Gasteiger partial charge on any atom is 0.250 e. The fraction of sp³-hybridized carbons (Fsp3) is 0.214. The summed E-state index contributed by atoms with van der Waals surface area (Å²) in [7, 11) is -3.66. The van der Waals surface area contributed by atoms with E-state index in [1.54, 1.807) is 18.2 Å². The quantitative estimate of drug-likeness (QED) is 0.779. The van der Waals surface area contributed by atoms with Gasteiger partial charge in [0.05, 0.1) is 10.3 Å². The molecule has 2 rings (SSSR count). The first-order chi connectivity index (χ1) is 10.4. The second-order valence-electron chi connectivity index (χ2n) is 4.48. The number of amides is 1. The predicted octanol–water partition coefficient (Wildman–Crippen LogP) is 2.99. The maximum absolute atomic E-state index is 12.0. The van der Waals surface area contributed by atoms with Gasteiger partial charge in [-0.25, -0.2) is 13.1 Å². The van der Waals surface area contributed by atoms with Gasteiger partial charge in [-0.3, -0.25) is 4.79 Å². The van der Waals surface area contributed by atoms with Crippen molar-refractivity contribution in [1.29, 1.82) is 0 Å². The fourth-order valence-corrected chi connectivity index (χ4v) is 4.74. The van der Waals surface area contributed by atoms with Crippen molar-refractivity contribution < 1.29 is 13.2 Å². The SMILES string of the molecule is CCc1ccc(NC(=O)CNS(=O)(=O)c2ccc(Br)s2)cc1. The van der Waals surface area contributed by atoms with Crippen molar-refractivity contribution in [3.05, 3.63) is 45.7 Å². The van der Waals surface area contributed by atoms with Gasteiger partial charge in [-0.2, -0.15) is 0 Å². The Bertz CT molecular complexity index is 755. The number of anilines is 1. The Morgan fingerprint density at radius 1 is 1.18 bits per heavy atom. The Hall–Kier alpha value is -1.22. The summed E-state index contributed by atoms with van der Waals surface area (Å²) in [6, 6.07) is 10.6. The maximum atomic E-state index is 12.0.